The fraction of sp³-hybridized carbons (Fsp3) is 0.500. The van der Waals surface area contributed by atoms with Crippen LogP contribution in [0.5, 0.6) is 0 Å². The van der Waals surface area contributed by atoms with Crippen molar-refractivity contribution in [3.05, 3.63) is 34.9 Å². The van der Waals surface area contributed by atoms with Crippen molar-refractivity contribution in [1.82, 2.24) is 0 Å². The monoisotopic (exact) mass is 258 g/mol. The minimum atomic E-state index is 0.232. The summed E-state index contributed by atoms with van der Waals surface area (Å²) in [4.78, 5) is 10.8. The zero-order valence-electron chi connectivity index (χ0n) is 13.0. The summed E-state index contributed by atoms with van der Waals surface area (Å²) in [5.41, 5.74) is 3.71. The molecule has 0 rings (SSSR count). The molecule has 0 saturated heterocycles. The lowest BCUT2D eigenvalue weighted by atomic mass is 10.1. The van der Waals surface area contributed by atoms with E-state index in [1.165, 1.54) is 11.1 Å². The van der Waals surface area contributed by atoms with Crippen molar-refractivity contribution in [2.24, 2.45) is 0 Å². The van der Waals surface area contributed by atoms with Crippen LogP contribution in [0.2, 0.25) is 0 Å². The van der Waals surface area contributed by atoms with Crippen LogP contribution >= 0.6 is 0 Å². The van der Waals surface area contributed by atoms with Gasteiger partial charge < -0.3 is 4.79 Å². The first kappa shape index (κ1) is 17.4. The molecule has 0 aliphatic carbocycles. The van der Waals surface area contributed by atoms with Crippen LogP contribution in [0.1, 0.15) is 60.3 Å². The van der Waals surface area contributed by atoms with Gasteiger partial charge >= 0.3 is 0 Å². The van der Waals surface area contributed by atoms with Gasteiger partial charge in [-0.3, -0.25) is 0 Å². The molecular weight excluding hydrogens is 232 g/mol. The first-order valence-electron chi connectivity index (χ1n) is 6.86. The Kier molecular flexibility index (Phi) is 9.53. The fourth-order valence-corrected chi connectivity index (χ4v) is 1.43. The Hall–Kier alpha value is -1.55. The lowest BCUT2D eigenvalue weighted by Gasteiger charge is -1.93. The van der Waals surface area contributed by atoms with E-state index in [1.807, 2.05) is 13.0 Å². The quantitative estimate of drug-likeness (QED) is 0.484. The maximum Gasteiger partial charge on any atom is 0.130 e. The average Bonchev–Trinajstić information content (AvgIpc) is 2.27. The predicted molar refractivity (Wildman–Crippen MR) is 83.9 cm³/mol. The maximum absolute atomic E-state index is 10.8. The molecule has 1 nitrogen and oxygen atoms in total. The van der Waals surface area contributed by atoms with Crippen LogP contribution in [0, 0.1) is 11.8 Å². The third-order valence-corrected chi connectivity index (χ3v) is 2.59. The van der Waals surface area contributed by atoms with Gasteiger partial charge in [-0.1, -0.05) is 41.2 Å². The summed E-state index contributed by atoms with van der Waals surface area (Å²) in [5.74, 6) is 6.53. The summed E-state index contributed by atoms with van der Waals surface area (Å²) in [7, 11) is 0. The minimum absolute atomic E-state index is 0.232. The Balaban J connectivity index is 4.14. The Labute approximate surface area is 118 Å². The highest BCUT2D eigenvalue weighted by molar-refractivity contribution is 5.75. The molecule has 0 unspecified atom stereocenters. The summed E-state index contributed by atoms with van der Waals surface area (Å²) >= 11 is 0. The number of carbonyl (C=O) groups is 1. The maximum atomic E-state index is 10.8. The number of hydrogen-bond donors (Lipinski definition) is 0. The van der Waals surface area contributed by atoms with Crippen molar-refractivity contribution in [3.8, 4) is 11.8 Å². The van der Waals surface area contributed by atoms with E-state index in [4.69, 9.17) is 0 Å². The van der Waals surface area contributed by atoms with E-state index < -0.39 is 0 Å². The Bertz CT molecular complexity index is 432. The van der Waals surface area contributed by atoms with Gasteiger partial charge in [-0.05, 0) is 53.0 Å². The third-order valence-electron chi connectivity index (χ3n) is 2.59. The standard InChI is InChI=1S/C18H26O/c1-15(2)9-6-10-16(3)11-7-12-17(4)13-8-14-18(5)19/h9-10,13H,6,8,11,14H2,1-5H3. The van der Waals surface area contributed by atoms with Gasteiger partial charge in [-0.2, -0.15) is 0 Å². The van der Waals surface area contributed by atoms with E-state index in [2.05, 4.69) is 44.8 Å². The molecule has 0 aromatic rings. The molecule has 0 aromatic carbocycles. The second kappa shape index (κ2) is 10.4. The van der Waals surface area contributed by atoms with Crippen LogP contribution in [-0.4, -0.2) is 5.78 Å². The van der Waals surface area contributed by atoms with Gasteiger partial charge in [0.25, 0.3) is 0 Å². The number of carbonyl (C=O) groups excluding carboxylic acids is 1. The van der Waals surface area contributed by atoms with E-state index >= 15 is 0 Å². The molecule has 0 aliphatic rings. The SMILES string of the molecule is CC(=O)CCC=C(C)C#CCC(C)=CCC=C(C)C. The van der Waals surface area contributed by atoms with E-state index in [0.29, 0.717) is 6.42 Å². The van der Waals surface area contributed by atoms with Crippen molar-refractivity contribution in [2.75, 3.05) is 0 Å². The first-order valence-corrected chi connectivity index (χ1v) is 6.86. The second-order valence-electron chi connectivity index (χ2n) is 5.17. The van der Waals surface area contributed by atoms with Gasteiger partial charge in [0.05, 0.1) is 0 Å². The van der Waals surface area contributed by atoms with Crippen LogP contribution in [0.15, 0.2) is 34.9 Å². The third kappa shape index (κ3) is 12.7. The lowest BCUT2D eigenvalue weighted by Crippen LogP contribution is -1.87. The first-order chi connectivity index (χ1) is 8.91. The zero-order valence-corrected chi connectivity index (χ0v) is 13.0. The summed E-state index contributed by atoms with van der Waals surface area (Å²) < 4.78 is 0. The number of rotatable bonds is 6. The molecule has 0 aliphatic heterocycles. The van der Waals surface area contributed by atoms with Crippen molar-refractivity contribution < 1.29 is 4.79 Å². The lowest BCUT2D eigenvalue weighted by molar-refractivity contribution is -0.116. The number of ketones is 1. The highest BCUT2D eigenvalue weighted by atomic mass is 16.1. The zero-order chi connectivity index (χ0) is 14.7. The highest BCUT2D eigenvalue weighted by Crippen LogP contribution is 2.03. The highest BCUT2D eigenvalue weighted by Gasteiger charge is 1.90. The number of allylic oxidation sites excluding steroid dienone is 6. The van der Waals surface area contributed by atoms with Gasteiger partial charge in [0.2, 0.25) is 0 Å². The van der Waals surface area contributed by atoms with Gasteiger partial charge in [0.1, 0.15) is 5.78 Å². The molecule has 0 fully saturated rings. The second-order valence-corrected chi connectivity index (χ2v) is 5.17. The van der Waals surface area contributed by atoms with Crippen molar-refractivity contribution in [2.45, 2.75) is 60.3 Å². The van der Waals surface area contributed by atoms with Crippen LogP contribution in [0.25, 0.3) is 0 Å². The largest absolute Gasteiger partial charge is 0.300 e. The van der Waals surface area contributed by atoms with Crippen molar-refractivity contribution >= 4 is 5.78 Å². The Morgan fingerprint density at radius 3 is 2.26 bits per heavy atom. The van der Waals surface area contributed by atoms with Gasteiger partial charge in [-0.25, -0.2) is 0 Å². The van der Waals surface area contributed by atoms with Gasteiger partial charge in [-0.15, -0.1) is 0 Å². The van der Waals surface area contributed by atoms with Crippen LogP contribution in [0.3, 0.4) is 0 Å². The smallest absolute Gasteiger partial charge is 0.130 e. The average molecular weight is 258 g/mol. The minimum Gasteiger partial charge on any atom is -0.300 e. The van der Waals surface area contributed by atoms with E-state index in [-0.39, 0.29) is 5.78 Å². The van der Waals surface area contributed by atoms with Crippen LogP contribution in [0.4, 0.5) is 0 Å². The topological polar surface area (TPSA) is 17.1 Å². The number of hydrogen-bond acceptors (Lipinski definition) is 1. The number of Topliss-reactive ketones (excluding diaryl/α,β-unsaturated/α-hetero) is 1. The molecular formula is C18H26O. The predicted octanol–water partition coefficient (Wildman–Crippen LogP) is 5.00. The summed E-state index contributed by atoms with van der Waals surface area (Å²) in [6.07, 6.45) is 9.68. The summed E-state index contributed by atoms with van der Waals surface area (Å²) in [6.45, 7) is 9.95. The molecule has 0 aromatic heterocycles. The van der Waals surface area contributed by atoms with Crippen molar-refractivity contribution in [1.29, 1.82) is 0 Å². The molecule has 0 bridgehead atoms. The van der Waals surface area contributed by atoms with E-state index in [9.17, 15) is 4.79 Å². The summed E-state index contributed by atoms with van der Waals surface area (Å²) in [6, 6.07) is 0. The van der Waals surface area contributed by atoms with Crippen LogP contribution in [-0.2, 0) is 4.79 Å². The van der Waals surface area contributed by atoms with Gasteiger partial charge in [0, 0.05) is 12.8 Å². The molecule has 0 spiro atoms. The van der Waals surface area contributed by atoms with Gasteiger partial charge in [0.15, 0.2) is 0 Å². The normalized spacial score (nSPS) is 11.6. The Morgan fingerprint density at radius 2 is 1.68 bits per heavy atom. The van der Waals surface area contributed by atoms with E-state index in [1.54, 1.807) is 6.92 Å². The van der Waals surface area contributed by atoms with Crippen molar-refractivity contribution in [3.63, 3.8) is 0 Å². The molecule has 0 N–H and O–H groups in total. The Morgan fingerprint density at radius 1 is 1.00 bits per heavy atom. The fourth-order valence-electron chi connectivity index (χ4n) is 1.43. The summed E-state index contributed by atoms with van der Waals surface area (Å²) in [5, 5.41) is 0. The van der Waals surface area contributed by atoms with Crippen LogP contribution < -0.4 is 0 Å². The molecule has 0 atom stereocenters. The molecule has 0 heterocycles. The molecule has 1 heteroatoms. The molecule has 19 heavy (non-hydrogen) atoms. The molecule has 104 valence electrons. The molecule has 0 saturated carbocycles. The van der Waals surface area contributed by atoms with E-state index in [0.717, 1.165) is 24.8 Å². The molecule has 0 amide bonds. The molecule has 0 radical (unpaired) electrons.